The van der Waals surface area contributed by atoms with Crippen LogP contribution in [-0.4, -0.2) is 17.5 Å². The summed E-state index contributed by atoms with van der Waals surface area (Å²) >= 11 is 0. The number of fused-ring (bicyclic) bond motifs is 1. The first-order valence-electron chi connectivity index (χ1n) is 7.36. The number of nitrogens with zero attached hydrogens (tertiary/aromatic N) is 1. The summed E-state index contributed by atoms with van der Waals surface area (Å²) in [7, 11) is 3.64. The van der Waals surface area contributed by atoms with Crippen molar-refractivity contribution in [3.8, 4) is 5.75 Å². The average Bonchev–Trinajstić information content (AvgIpc) is 3.07. The van der Waals surface area contributed by atoms with E-state index < -0.39 is 0 Å². The summed E-state index contributed by atoms with van der Waals surface area (Å²) in [5.41, 5.74) is 1.87. The maximum atomic E-state index is 12.6. The second-order valence-corrected chi connectivity index (χ2v) is 5.79. The third-order valence-corrected chi connectivity index (χ3v) is 4.45. The van der Waals surface area contributed by atoms with Crippen LogP contribution in [0, 0.1) is 5.92 Å². The van der Waals surface area contributed by atoms with Gasteiger partial charge in [-0.25, -0.2) is 0 Å². The number of rotatable bonds is 4. The molecule has 0 N–H and O–H groups in total. The predicted molar refractivity (Wildman–Crippen MR) is 80.4 cm³/mol. The summed E-state index contributed by atoms with van der Waals surface area (Å²) in [5, 5.41) is 0.959. The van der Waals surface area contributed by atoms with E-state index in [2.05, 4.69) is 0 Å². The van der Waals surface area contributed by atoms with Crippen LogP contribution in [0.15, 0.2) is 24.4 Å². The van der Waals surface area contributed by atoms with Gasteiger partial charge in [-0.1, -0.05) is 31.7 Å². The lowest BCUT2D eigenvalue weighted by atomic mass is 9.96. The van der Waals surface area contributed by atoms with E-state index in [1.807, 2.05) is 36.0 Å². The smallest absolute Gasteiger partial charge is 0.165 e. The van der Waals surface area contributed by atoms with Crippen LogP contribution in [0.1, 0.15) is 42.5 Å². The molecule has 1 aliphatic carbocycles. The minimum Gasteiger partial charge on any atom is -0.496 e. The Labute approximate surface area is 119 Å². The SMILES string of the molecule is COc1cccc2c1c(C(=O)CC1CCCC1)cn2C. The summed E-state index contributed by atoms with van der Waals surface area (Å²) in [4.78, 5) is 12.6. The summed E-state index contributed by atoms with van der Waals surface area (Å²) < 4.78 is 7.45. The molecule has 1 aliphatic rings. The van der Waals surface area contributed by atoms with Gasteiger partial charge in [-0.15, -0.1) is 0 Å². The fourth-order valence-corrected chi connectivity index (χ4v) is 3.38. The van der Waals surface area contributed by atoms with Crippen molar-refractivity contribution in [2.45, 2.75) is 32.1 Å². The molecular weight excluding hydrogens is 250 g/mol. The molecule has 3 rings (SSSR count). The van der Waals surface area contributed by atoms with Gasteiger partial charge in [-0.3, -0.25) is 4.79 Å². The molecule has 0 saturated heterocycles. The van der Waals surface area contributed by atoms with Crippen LogP contribution in [0.25, 0.3) is 10.9 Å². The maximum Gasteiger partial charge on any atom is 0.165 e. The molecule has 106 valence electrons. The number of hydrogen-bond acceptors (Lipinski definition) is 2. The Morgan fingerprint density at radius 3 is 2.80 bits per heavy atom. The Morgan fingerprint density at radius 1 is 1.35 bits per heavy atom. The van der Waals surface area contributed by atoms with Crippen LogP contribution in [0.3, 0.4) is 0 Å². The Hall–Kier alpha value is -1.77. The molecule has 1 saturated carbocycles. The third kappa shape index (κ3) is 2.21. The summed E-state index contributed by atoms with van der Waals surface area (Å²) in [6.45, 7) is 0. The Bertz CT molecular complexity index is 636. The molecule has 0 amide bonds. The average molecular weight is 271 g/mol. The largest absolute Gasteiger partial charge is 0.496 e. The minimum absolute atomic E-state index is 0.256. The van der Waals surface area contributed by atoms with Crippen LogP contribution < -0.4 is 4.74 Å². The normalized spacial score (nSPS) is 15.9. The van der Waals surface area contributed by atoms with Crippen molar-refractivity contribution in [1.82, 2.24) is 4.57 Å². The quantitative estimate of drug-likeness (QED) is 0.788. The van der Waals surface area contributed by atoms with Gasteiger partial charge >= 0.3 is 0 Å². The van der Waals surface area contributed by atoms with E-state index >= 15 is 0 Å². The molecule has 2 aromatic rings. The van der Waals surface area contributed by atoms with Crippen molar-refractivity contribution in [3.63, 3.8) is 0 Å². The van der Waals surface area contributed by atoms with Crippen LogP contribution in [0.5, 0.6) is 5.75 Å². The van der Waals surface area contributed by atoms with Crippen LogP contribution in [0.4, 0.5) is 0 Å². The first-order valence-corrected chi connectivity index (χ1v) is 7.36. The van der Waals surface area contributed by atoms with Crippen LogP contribution in [-0.2, 0) is 7.05 Å². The molecule has 0 spiro atoms. The monoisotopic (exact) mass is 271 g/mol. The number of Topliss-reactive ketones (excluding diaryl/α,β-unsaturated/α-hetero) is 1. The third-order valence-electron chi connectivity index (χ3n) is 4.45. The van der Waals surface area contributed by atoms with E-state index in [1.54, 1.807) is 7.11 Å². The van der Waals surface area contributed by atoms with Gasteiger partial charge in [0, 0.05) is 25.2 Å². The molecule has 0 unspecified atom stereocenters. The van der Waals surface area contributed by atoms with Gasteiger partial charge in [0.2, 0.25) is 0 Å². The molecule has 0 atom stereocenters. The number of carbonyl (C=O) groups is 1. The van der Waals surface area contributed by atoms with E-state index in [0.717, 1.165) is 22.2 Å². The molecule has 1 aromatic heterocycles. The number of aromatic nitrogens is 1. The molecule has 0 radical (unpaired) electrons. The first kappa shape index (κ1) is 13.2. The minimum atomic E-state index is 0.256. The van der Waals surface area contributed by atoms with Gasteiger partial charge in [0.1, 0.15) is 5.75 Å². The van der Waals surface area contributed by atoms with Gasteiger partial charge in [-0.05, 0) is 18.1 Å². The highest BCUT2D eigenvalue weighted by Crippen LogP contribution is 2.33. The van der Waals surface area contributed by atoms with Gasteiger partial charge < -0.3 is 9.30 Å². The van der Waals surface area contributed by atoms with Crippen molar-refractivity contribution >= 4 is 16.7 Å². The highest BCUT2D eigenvalue weighted by Gasteiger charge is 2.22. The lowest BCUT2D eigenvalue weighted by Gasteiger charge is -2.08. The molecule has 1 aromatic carbocycles. The van der Waals surface area contributed by atoms with Crippen LogP contribution >= 0.6 is 0 Å². The van der Waals surface area contributed by atoms with Gasteiger partial charge in [0.25, 0.3) is 0 Å². The summed E-state index contributed by atoms with van der Waals surface area (Å²) in [6, 6.07) is 5.92. The number of hydrogen-bond donors (Lipinski definition) is 0. The molecular formula is C17H21NO2. The molecule has 1 fully saturated rings. The fraction of sp³-hybridized carbons (Fsp3) is 0.471. The molecule has 3 nitrogen and oxygen atoms in total. The first-order chi connectivity index (χ1) is 9.70. The number of ketones is 1. The van der Waals surface area contributed by atoms with E-state index in [-0.39, 0.29) is 5.78 Å². The van der Waals surface area contributed by atoms with Gasteiger partial charge in [0.05, 0.1) is 18.0 Å². The lowest BCUT2D eigenvalue weighted by Crippen LogP contribution is -2.05. The van der Waals surface area contributed by atoms with Crippen LogP contribution in [0.2, 0.25) is 0 Å². The standard InChI is InChI=1S/C17H21NO2/c1-18-11-13(15(19)10-12-6-3-4-7-12)17-14(18)8-5-9-16(17)20-2/h5,8-9,11-12H,3-4,6-7,10H2,1-2H3. The highest BCUT2D eigenvalue weighted by molar-refractivity contribution is 6.10. The fourth-order valence-electron chi connectivity index (χ4n) is 3.38. The lowest BCUT2D eigenvalue weighted by molar-refractivity contribution is 0.0963. The highest BCUT2D eigenvalue weighted by atomic mass is 16.5. The number of benzene rings is 1. The number of aryl methyl sites for hydroxylation is 1. The number of methoxy groups -OCH3 is 1. The molecule has 20 heavy (non-hydrogen) atoms. The summed E-state index contributed by atoms with van der Waals surface area (Å²) in [6.07, 6.45) is 7.58. The molecule has 0 aliphatic heterocycles. The number of ether oxygens (including phenoxy) is 1. The van der Waals surface area contributed by atoms with E-state index in [4.69, 9.17) is 4.74 Å². The van der Waals surface area contributed by atoms with Crippen molar-refractivity contribution in [2.75, 3.05) is 7.11 Å². The van der Waals surface area contributed by atoms with Crippen molar-refractivity contribution in [1.29, 1.82) is 0 Å². The van der Waals surface area contributed by atoms with Gasteiger partial charge in [-0.2, -0.15) is 0 Å². The Morgan fingerprint density at radius 2 is 2.10 bits per heavy atom. The predicted octanol–water partition coefficient (Wildman–Crippen LogP) is 3.95. The van der Waals surface area contributed by atoms with Crippen molar-refractivity contribution in [3.05, 3.63) is 30.0 Å². The summed E-state index contributed by atoms with van der Waals surface area (Å²) in [5.74, 6) is 1.62. The van der Waals surface area contributed by atoms with E-state index in [1.165, 1.54) is 25.7 Å². The molecule has 0 bridgehead atoms. The van der Waals surface area contributed by atoms with E-state index in [0.29, 0.717) is 12.3 Å². The maximum absolute atomic E-state index is 12.6. The molecule has 1 heterocycles. The Balaban J connectivity index is 1.99. The van der Waals surface area contributed by atoms with Crippen molar-refractivity contribution < 1.29 is 9.53 Å². The second kappa shape index (κ2) is 5.31. The number of carbonyl (C=O) groups excluding carboxylic acids is 1. The zero-order valence-electron chi connectivity index (χ0n) is 12.2. The zero-order chi connectivity index (χ0) is 14.1. The molecule has 3 heteroatoms. The topological polar surface area (TPSA) is 31.2 Å². The second-order valence-electron chi connectivity index (χ2n) is 5.79. The van der Waals surface area contributed by atoms with E-state index in [9.17, 15) is 4.79 Å². The van der Waals surface area contributed by atoms with Crippen molar-refractivity contribution in [2.24, 2.45) is 13.0 Å². The van der Waals surface area contributed by atoms with Gasteiger partial charge in [0.15, 0.2) is 5.78 Å². The zero-order valence-corrected chi connectivity index (χ0v) is 12.2. The Kier molecular flexibility index (Phi) is 3.51.